The molecule has 0 aliphatic carbocycles. The van der Waals surface area contributed by atoms with E-state index in [9.17, 15) is 18.8 Å². The molecule has 5 nitrogen and oxygen atoms in total. The van der Waals surface area contributed by atoms with E-state index < -0.39 is 23.7 Å². The molecule has 100 valence electrons. The molecular formula is C12H10FIN2O3. The highest BCUT2D eigenvalue weighted by Crippen LogP contribution is 2.14. The van der Waals surface area contributed by atoms with Gasteiger partial charge < -0.3 is 5.32 Å². The van der Waals surface area contributed by atoms with E-state index in [-0.39, 0.29) is 18.7 Å². The number of hydrogen-bond acceptors (Lipinski definition) is 3. The number of hydrogen-bond donors (Lipinski definition) is 2. The molecule has 0 radical (unpaired) electrons. The number of piperidine rings is 1. The molecule has 2 N–H and O–H groups in total. The van der Waals surface area contributed by atoms with Crippen LogP contribution in [0.2, 0.25) is 0 Å². The van der Waals surface area contributed by atoms with Gasteiger partial charge in [0.15, 0.2) is 0 Å². The van der Waals surface area contributed by atoms with Gasteiger partial charge >= 0.3 is 0 Å². The summed E-state index contributed by atoms with van der Waals surface area (Å²) in [6.45, 7) is 0. The number of halogens is 2. The van der Waals surface area contributed by atoms with Gasteiger partial charge in [0.05, 0.1) is 5.56 Å². The molecule has 1 heterocycles. The van der Waals surface area contributed by atoms with Crippen molar-refractivity contribution in [3.63, 3.8) is 0 Å². The lowest BCUT2D eigenvalue weighted by atomic mass is 10.1. The van der Waals surface area contributed by atoms with E-state index in [1.807, 2.05) is 22.6 Å². The Hall–Kier alpha value is -1.51. The molecule has 0 bridgehead atoms. The molecule has 1 aliphatic rings. The smallest absolute Gasteiger partial charge is 0.253 e. The molecule has 1 atom stereocenters. The Labute approximate surface area is 122 Å². The van der Waals surface area contributed by atoms with E-state index >= 15 is 0 Å². The van der Waals surface area contributed by atoms with Crippen LogP contribution in [0.5, 0.6) is 0 Å². The molecule has 7 heteroatoms. The van der Waals surface area contributed by atoms with E-state index in [1.165, 1.54) is 18.2 Å². The van der Waals surface area contributed by atoms with Gasteiger partial charge in [-0.3, -0.25) is 19.7 Å². The first kappa shape index (κ1) is 13.9. The maximum atomic E-state index is 12.9. The summed E-state index contributed by atoms with van der Waals surface area (Å²) in [5.41, 5.74) is 0.298. The Kier molecular flexibility index (Phi) is 4.13. The van der Waals surface area contributed by atoms with Crippen LogP contribution in [0.1, 0.15) is 23.2 Å². The average Bonchev–Trinajstić information content (AvgIpc) is 2.32. The summed E-state index contributed by atoms with van der Waals surface area (Å²) in [7, 11) is 0. The standard InChI is InChI=1S/C12H10FIN2O3/c13-6-1-2-7(8(14)5-6)11(18)15-9-3-4-10(17)16-12(9)19/h1-2,5,9H,3-4H2,(H,15,18)(H,16,17,19). The van der Waals surface area contributed by atoms with Crippen molar-refractivity contribution in [3.8, 4) is 0 Å². The van der Waals surface area contributed by atoms with E-state index in [0.29, 0.717) is 9.13 Å². The molecule has 1 unspecified atom stereocenters. The fourth-order valence-electron chi connectivity index (χ4n) is 1.74. The summed E-state index contributed by atoms with van der Waals surface area (Å²) in [6, 6.07) is 3.05. The van der Waals surface area contributed by atoms with Crippen LogP contribution in [0.3, 0.4) is 0 Å². The highest BCUT2D eigenvalue weighted by Gasteiger charge is 2.28. The third-order valence-electron chi connectivity index (χ3n) is 2.72. The van der Waals surface area contributed by atoms with Crippen molar-refractivity contribution in [1.29, 1.82) is 0 Å². The van der Waals surface area contributed by atoms with Crippen LogP contribution in [-0.4, -0.2) is 23.8 Å². The Morgan fingerprint density at radius 2 is 2.16 bits per heavy atom. The molecule has 0 saturated carbocycles. The minimum Gasteiger partial charge on any atom is -0.340 e. The fourth-order valence-corrected chi connectivity index (χ4v) is 2.46. The molecule has 2 rings (SSSR count). The SMILES string of the molecule is O=C1CCC(NC(=O)c2ccc(F)cc2I)C(=O)N1. The predicted molar refractivity (Wildman–Crippen MR) is 72.8 cm³/mol. The molecule has 1 aromatic carbocycles. The van der Waals surface area contributed by atoms with E-state index in [2.05, 4.69) is 10.6 Å². The highest BCUT2D eigenvalue weighted by molar-refractivity contribution is 14.1. The molecule has 0 aromatic heterocycles. The Morgan fingerprint density at radius 3 is 2.79 bits per heavy atom. The van der Waals surface area contributed by atoms with Gasteiger partial charge in [0.25, 0.3) is 5.91 Å². The third kappa shape index (κ3) is 3.28. The van der Waals surface area contributed by atoms with Crippen molar-refractivity contribution < 1.29 is 18.8 Å². The lowest BCUT2D eigenvalue weighted by Gasteiger charge is -2.22. The van der Waals surface area contributed by atoms with Crippen molar-refractivity contribution in [2.24, 2.45) is 0 Å². The van der Waals surface area contributed by atoms with Crippen LogP contribution >= 0.6 is 22.6 Å². The topological polar surface area (TPSA) is 75.3 Å². The summed E-state index contributed by atoms with van der Waals surface area (Å²) < 4.78 is 13.4. The number of imide groups is 1. The maximum absolute atomic E-state index is 12.9. The minimum atomic E-state index is -0.731. The number of benzene rings is 1. The van der Waals surface area contributed by atoms with Gasteiger partial charge in [-0.15, -0.1) is 0 Å². The number of carbonyl (C=O) groups excluding carboxylic acids is 3. The van der Waals surface area contributed by atoms with Crippen LogP contribution in [0.15, 0.2) is 18.2 Å². The quantitative estimate of drug-likeness (QED) is 0.597. The zero-order valence-corrected chi connectivity index (χ0v) is 11.9. The summed E-state index contributed by atoms with van der Waals surface area (Å²) >= 11 is 1.85. The second kappa shape index (κ2) is 5.64. The first-order valence-electron chi connectivity index (χ1n) is 5.57. The first-order valence-corrected chi connectivity index (χ1v) is 6.65. The normalized spacial score (nSPS) is 18.9. The Balaban J connectivity index is 2.09. The summed E-state index contributed by atoms with van der Waals surface area (Å²) in [4.78, 5) is 34.4. The first-order chi connectivity index (χ1) is 8.97. The van der Waals surface area contributed by atoms with E-state index in [1.54, 1.807) is 0 Å². The molecule has 19 heavy (non-hydrogen) atoms. The molecule has 1 aliphatic heterocycles. The van der Waals surface area contributed by atoms with Crippen LogP contribution in [0, 0.1) is 9.39 Å². The molecular weight excluding hydrogens is 366 g/mol. The van der Waals surface area contributed by atoms with Crippen molar-refractivity contribution >= 4 is 40.3 Å². The maximum Gasteiger partial charge on any atom is 0.253 e. The van der Waals surface area contributed by atoms with Crippen LogP contribution in [0.4, 0.5) is 4.39 Å². The van der Waals surface area contributed by atoms with Gasteiger partial charge in [0.2, 0.25) is 11.8 Å². The average molecular weight is 376 g/mol. The fraction of sp³-hybridized carbons (Fsp3) is 0.250. The molecule has 1 saturated heterocycles. The van der Waals surface area contributed by atoms with Gasteiger partial charge in [-0.2, -0.15) is 0 Å². The second-order valence-corrected chi connectivity index (χ2v) is 5.26. The van der Waals surface area contributed by atoms with Gasteiger partial charge in [-0.25, -0.2) is 4.39 Å². The number of carbonyl (C=O) groups is 3. The Morgan fingerprint density at radius 1 is 1.42 bits per heavy atom. The monoisotopic (exact) mass is 376 g/mol. The Bertz CT molecular complexity index is 562. The number of nitrogens with one attached hydrogen (secondary N) is 2. The van der Waals surface area contributed by atoms with E-state index in [4.69, 9.17) is 0 Å². The van der Waals surface area contributed by atoms with Crippen molar-refractivity contribution in [1.82, 2.24) is 10.6 Å². The third-order valence-corrected chi connectivity index (χ3v) is 3.61. The van der Waals surface area contributed by atoms with Crippen LogP contribution < -0.4 is 10.6 Å². The molecule has 0 spiro atoms. The zero-order valence-electron chi connectivity index (χ0n) is 9.70. The van der Waals surface area contributed by atoms with Crippen LogP contribution in [0.25, 0.3) is 0 Å². The number of amides is 3. The summed E-state index contributed by atoms with van der Waals surface area (Å²) in [5, 5.41) is 4.69. The molecule has 3 amide bonds. The van der Waals surface area contributed by atoms with Crippen molar-refractivity contribution in [2.45, 2.75) is 18.9 Å². The van der Waals surface area contributed by atoms with Crippen LogP contribution in [-0.2, 0) is 9.59 Å². The van der Waals surface area contributed by atoms with Gasteiger partial charge in [-0.1, -0.05) is 0 Å². The van der Waals surface area contributed by atoms with Crippen molar-refractivity contribution in [2.75, 3.05) is 0 Å². The number of rotatable bonds is 2. The van der Waals surface area contributed by atoms with Crippen molar-refractivity contribution in [3.05, 3.63) is 33.1 Å². The van der Waals surface area contributed by atoms with E-state index in [0.717, 1.165) is 0 Å². The zero-order chi connectivity index (χ0) is 14.0. The van der Waals surface area contributed by atoms with Gasteiger partial charge in [-0.05, 0) is 47.2 Å². The molecule has 1 aromatic rings. The second-order valence-electron chi connectivity index (χ2n) is 4.10. The largest absolute Gasteiger partial charge is 0.340 e. The predicted octanol–water partition coefficient (Wildman–Crippen LogP) is 0.965. The van der Waals surface area contributed by atoms with Gasteiger partial charge in [0.1, 0.15) is 11.9 Å². The molecule has 1 fully saturated rings. The van der Waals surface area contributed by atoms with Gasteiger partial charge in [0, 0.05) is 9.99 Å². The summed E-state index contributed by atoms with van der Waals surface area (Å²) in [6.07, 6.45) is 0.464. The lowest BCUT2D eigenvalue weighted by Crippen LogP contribution is -2.52. The lowest BCUT2D eigenvalue weighted by molar-refractivity contribution is -0.134. The minimum absolute atomic E-state index is 0.192. The highest BCUT2D eigenvalue weighted by atomic mass is 127. The summed E-state index contributed by atoms with van der Waals surface area (Å²) in [5.74, 6) is -1.74.